The van der Waals surface area contributed by atoms with E-state index in [1.165, 1.54) is 12.5 Å². The van der Waals surface area contributed by atoms with Crippen LogP contribution in [0, 0.1) is 11.6 Å². The van der Waals surface area contributed by atoms with Crippen LogP contribution in [0.5, 0.6) is 0 Å². The fourth-order valence-electron chi connectivity index (χ4n) is 3.93. The molecule has 2 aliphatic heterocycles. The topological polar surface area (TPSA) is 23.5 Å². The van der Waals surface area contributed by atoms with Gasteiger partial charge in [-0.1, -0.05) is 18.6 Å². The van der Waals surface area contributed by atoms with Gasteiger partial charge in [-0.05, 0) is 44.4 Å². The molecule has 1 N–H and O–H groups in total. The lowest BCUT2D eigenvalue weighted by atomic mass is 9.73. The second-order valence-electron chi connectivity index (χ2n) is 6.43. The van der Waals surface area contributed by atoms with Gasteiger partial charge in [0.1, 0.15) is 0 Å². The van der Waals surface area contributed by atoms with Crippen molar-refractivity contribution in [3.63, 3.8) is 0 Å². The highest BCUT2D eigenvalue weighted by Crippen LogP contribution is 2.40. The first-order valence-electron chi connectivity index (χ1n) is 7.36. The molecule has 0 spiro atoms. The predicted octanol–water partition coefficient (Wildman–Crippen LogP) is 2.89. The minimum atomic E-state index is -0.906. The third-order valence-corrected chi connectivity index (χ3v) is 5.01. The SMILES string of the molecule is CN1C2CCCC1CC(O)(Cc1cccc(F)c1F)C2. The van der Waals surface area contributed by atoms with E-state index in [9.17, 15) is 13.9 Å². The van der Waals surface area contributed by atoms with Gasteiger partial charge in [0.15, 0.2) is 11.6 Å². The molecule has 2 aliphatic rings. The van der Waals surface area contributed by atoms with Crippen molar-refractivity contribution in [1.29, 1.82) is 0 Å². The molecule has 1 aromatic rings. The number of hydrogen-bond donors (Lipinski definition) is 1. The highest BCUT2D eigenvalue weighted by Gasteiger charge is 2.44. The number of rotatable bonds is 2. The van der Waals surface area contributed by atoms with Gasteiger partial charge in [0, 0.05) is 18.5 Å². The second kappa shape index (κ2) is 5.08. The average Bonchev–Trinajstić information content (AvgIpc) is 2.37. The largest absolute Gasteiger partial charge is 0.389 e. The van der Waals surface area contributed by atoms with E-state index in [1.807, 2.05) is 0 Å². The van der Waals surface area contributed by atoms with Crippen LogP contribution < -0.4 is 0 Å². The summed E-state index contributed by atoms with van der Waals surface area (Å²) in [4.78, 5) is 2.35. The molecule has 1 aromatic carbocycles. The van der Waals surface area contributed by atoms with Crippen molar-refractivity contribution in [2.24, 2.45) is 0 Å². The number of nitrogens with zero attached hydrogens (tertiary/aromatic N) is 1. The molecule has 2 fully saturated rings. The molecule has 2 heterocycles. The van der Waals surface area contributed by atoms with E-state index in [0.717, 1.165) is 18.9 Å². The molecule has 20 heavy (non-hydrogen) atoms. The van der Waals surface area contributed by atoms with Crippen molar-refractivity contribution in [1.82, 2.24) is 4.90 Å². The summed E-state index contributed by atoms with van der Waals surface area (Å²) in [6, 6.07) is 4.93. The van der Waals surface area contributed by atoms with Gasteiger partial charge in [-0.15, -0.1) is 0 Å². The first kappa shape index (κ1) is 14.0. The minimum absolute atomic E-state index is 0.206. The van der Waals surface area contributed by atoms with E-state index in [2.05, 4.69) is 11.9 Å². The van der Waals surface area contributed by atoms with Crippen LogP contribution in [-0.2, 0) is 6.42 Å². The van der Waals surface area contributed by atoms with Gasteiger partial charge in [0.25, 0.3) is 0 Å². The summed E-state index contributed by atoms with van der Waals surface area (Å²) in [5, 5.41) is 10.8. The zero-order valence-corrected chi connectivity index (χ0v) is 11.8. The molecule has 0 amide bonds. The van der Waals surface area contributed by atoms with Crippen LogP contribution in [0.25, 0.3) is 0 Å². The number of benzene rings is 1. The lowest BCUT2D eigenvalue weighted by Gasteiger charge is -2.50. The molecular formula is C16H21F2NO. The smallest absolute Gasteiger partial charge is 0.162 e. The van der Waals surface area contributed by atoms with E-state index in [4.69, 9.17) is 0 Å². The molecular weight excluding hydrogens is 260 g/mol. The van der Waals surface area contributed by atoms with E-state index in [1.54, 1.807) is 6.07 Å². The quantitative estimate of drug-likeness (QED) is 0.901. The zero-order valence-electron chi connectivity index (χ0n) is 11.8. The van der Waals surface area contributed by atoms with E-state index in [-0.39, 0.29) is 12.0 Å². The Hall–Kier alpha value is -1.00. The molecule has 110 valence electrons. The Kier molecular flexibility index (Phi) is 3.55. The summed E-state index contributed by atoms with van der Waals surface area (Å²) in [6.45, 7) is 0. The summed E-state index contributed by atoms with van der Waals surface area (Å²) < 4.78 is 27.1. The third kappa shape index (κ3) is 2.47. The lowest BCUT2D eigenvalue weighted by Crippen LogP contribution is -2.57. The Balaban J connectivity index is 1.81. The molecule has 2 bridgehead atoms. The highest BCUT2D eigenvalue weighted by molar-refractivity contribution is 5.21. The fraction of sp³-hybridized carbons (Fsp3) is 0.625. The number of aliphatic hydroxyl groups is 1. The molecule has 3 rings (SSSR count). The van der Waals surface area contributed by atoms with Crippen LogP contribution in [0.1, 0.15) is 37.7 Å². The number of halogens is 2. The van der Waals surface area contributed by atoms with E-state index >= 15 is 0 Å². The van der Waals surface area contributed by atoms with Gasteiger partial charge < -0.3 is 10.0 Å². The van der Waals surface area contributed by atoms with Gasteiger partial charge in [-0.2, -0.15) is 0 Å². The van der Waals surface area contributed by atoms with Crippen LogP contribution in [0.15, 0.2) is 18.2 Å². The predicted molar refractivity (Wildman–Crippen MR) is 73.4 cm³/mol. The molecule has 2 nitrogen and oxygen atoms in total. The summed E-state index contributed by atoms with van der Waals surface area (Å²) >= 11 is 0. The molecule has 2 unspecified atom stereocenters. The number of hydrogen-bond acceptors (Lipinski definition) is 2. The summed E-state index contributed by atoms with van der Waals surface area (Å²) in [7, 11) is 2.11. The Morgan fingerprint density at radius 1 is 1.25 bits per heavy atom. The average molecular weight is 281 g/mol. The summed E-state index contributed by atoms with van der Waals surface area (Å²) in [5.74, 6) is -1.65. The van der Waals surface area contributed by atoms with Crippen LogP contribution in [0.4, 0.5) is 8.78 Å². The maximum Gasteiger partial charge on any atom is 0.162 e. The van der Waals surface area contributed by atoms with Crippen molar-refractivity contribution in [3.05, 3.63) is 35.4 Å². The summed E-state index contributed by atoms with van der Waals surface area (Å²) in [5.41, 5.74) is -0.619. The second-order valence-corrected chi connectivity index (χ2v) is 6.43. The van der Waals surface area contributed by atoms with Crippen LogP contribution in [0.2, 0.25) is 0 Å². The van der Waals surface area contributed by atoms with E-state index < -0.39 is 17.2 Å². The molecule has 2 atom stereocenters. The highest BCUT2D eigenvalue weighted by atomic mass is 19.2. The zero-order chi connectivity index (χ0) is 14.3. The lowest BCUT2D eigenvalue weighted by molar-refractivity contribution is -0.0824. The Morgan fingerprint density at radius 3 is 2.55 bits per heavy atom. The van der Waals surface area contributed by atoms with Crippen molar-refractivity contribution < 1.29 is 13.9 Å². The molecule has 4 heteroatoms. The summed E-state index contributed by atoms with van der Waals surface area (Å²) in [6.07, 6.45) is 4.87. The number of piperidine rings is 2. The first-order chi connectivity index (χ1) is 9.48. The van der Waals surface area contributed by atoms with Gasteiger partial charge in [-0.3, -0.25) is 0 Å². The maximum atomic E-state index is 13.8. The van der Waals surface area contributed by atoms with Crippen molar-refractivity contribution >= 4 is 0 Å². The maximum absolute atomic E-state index is 13.8. The molecule has 0 saturated carbocycles. The third-order valence-electron chi connectivity index (χ3n) is 5.01. The van der Waals surface area contributed by atoms with Crippen LogP contribution in [0.3, 0.4) is 0 Å². The fourth-order valence-corrected chi connectivity index (χ4v) is 3.93. The number of fused-ring (bicyclic) bond motifs is 2. The van der Waals surface area contributed by atoms with Gasteiger partial charge in [-0.25, -0.2) is 8.78 Å². The minimum Gasteiger partial charge on any atom is -0.389 e. The van der Waals surface area contributed by atoms with Crippen molar-refractivity contribution in [3.8, 4) is 0 Å². The monoisotopic (exact) mass is 281 g/mol. The van der Waals surface area contributed by atoms with Crippen LogP contribution in [-0.4, -0.2) is 34.7 Å². The Morgan fingerprint density at radius 2 is 1.90 bits per heavy atom. The van der Waals surface area contributed by atoms with Crippen LogP contribution >= 0.6 is 0 Å². The van der Waals surface area contributed by atoms with Gasteiger partial charge >= 0.3 is 0 Å². The standard InChI is InChI=1S/C16H21F2NO/c1-19-12-5-3-6-13(19)10-16(20,9-12)8-11-4-2-7-14(17)15(11)18/h2,4,7,12-13,20H,3,5-6,8-10H2,1H3. The van der Waals surface area contributed by atoms with Crippen molar-refractivity contribution in [2.75, 3.05) is 7.05 Å². The van der Waals surface area contributed by atoms with E-state index in [0.29, 0.717) is 24.9 Å². The molecule has 0 aromatic heterocycles. The Labute approximate surface area is 118 Å². The Bertz CT molecular complexity index is 491. The molecule has 0 aliphatic carbocycles. The van der Waals surface area contributed by atoms with Crippen molar-refractivity contribution in [2.45, 2.75) is 56.2 Å². The van der Waals surface area contributed by atoms with Gasteiger partial charge in [0.05, 0.1) is 5.60 Å². The first-order valence-corrected chi connectivity index (χ1v) is 7.36. The normalized spacial score (nSPS) is 34.2. The van der Waals surface area contributed by atoms with Gasteiger partial charge in [0.2, 0.25) is 0 Å². The molecule has 0 radical (unpaired) electrons. The molecule has 2 saturated heterocycles.